The summed E-state index contributed by atoms with van der Waals surface area (Å²) in [4.78, 5) is -0.515. The zero-order valence-electron chi connectivity index (χ0n) is 12.1. The fourth-order valence-electron chi connectivity index (χ4n) is 1.69. The van der Waals surface area contributed by atoms with E-state index in [9.17, 15) is 17.2 Å². The van der Waals surface area contributed by atoms with Crippen molar-refractivity contribution in [2.24, 2.45) is 0 Å². The molecule has 0 bridgehead atoms. The van der Waals surface area contributed by atoms with Crippen LogP contribution in [0.5, 0.6) is 0 Å². The van der Waals surface area contributed by atoms with Gasteiger partial charge in [0.2, 0.25) is 10.0 Å². The van der Waals surface area contributed by atoms with Gasteiger partial charge in [-0.15, -0.1) is 0 Å². The molecule has 0 saturated heterocycles. The molecule has 21 heavy (non-hydrogen) atoms. The van der Waals surface area contributed by atoms with Crippen LogP contribution in [0.15, 0.2) is 17.0 Å². The van der Waals surface area contributed by atoms with E-state index in [1.54, 1.807) is 0 Å². The van der Waals surface area contributed by atoms with Crippen LogP contribution in [-0.2, 0) is 16.6 Å². The topological polar surface area (TPSA) is 58.2 Å². The van der Waals surface area contributed by atoms with Gasteiger partial charge in [0.1, 0.15) is 10.7 Å². The first-order chi connectivity index (χ1) is 9.94. The predicted octanol–water partition coefficient (Wildman–Crippen LogP) is 2.11. The first-order valence-electron chi connectivity index (χ1n) is 6.60. The van der Waals surface area contributed by atoms with Crippen LogP contribution in [0.25, 0.3) is 0 Å². The number of rotatable bonds is 9. The Bertz CT molecular complexity index is 566. The van der Waals surface area contributed by atoms with E-state index >= 15 is 0 Å². The van der Waals surface area contributed by atoms with Crippen molar-refractivity contribution in [1.82, 2.24) is 10.0 Å². The summed E-state index contributed by atoms with van der Waals surface area (Å²) in [6.45, 7) is 2.68. The van der Waals surface area contributed by atoms with Gasteiger partial charge in [0.25, 0.3) is 0 Å². The summed E-state index contributed by atoms with van der Waals surface area (Å²) < 4.78 is 54.3. The van der Waals surface area contributed by atoms with Crippen molar-refractivity contribution in [1.29, 1.82) is 0 Å². The Hall–Kier alpha value is -0.700. The van der Waals surface area contributed by atoms with Crippen LogP contribution in [0.1, 0.15) is 18.9 Å². The summed E-state index contributed by atoms with van der Waals surface area (Å²) in [6.07, 6.45) is 2.65. The van der Waals surface area contributed by atoms with Gasteiger partial charge in [-0.3, -0.25) is 0 Å². The minimum absolute atomic E-state index is 0.0420. The van der Waals surface area contributed by atoms with Crippen LogP contribution in [0.2, 0.25) is 0 Å². The van der Waals surface area contributed by atoms with Crippen molar-refractivity contribution in [2.75, 3.05) is 25.1 Å². The highest BCUT2D eigenvalue weighted by atomic mass is 32.2. The largest absolute Gasteiger partial charge is 0.312 e. The molecule has 8 heteroatoms. The molecule has 0 atom stereocenters. The molecular formula is C13H20F2N2O2S2. The minimum Gasteiger partial charge on any atom is -0.312 e. The molecule has 0 aliphatic rings. The Morgan fingerprint density at radius 3 is 2.57 bits per heavy atom. The fraction of sp³-hybridized carbons (Fsp3) is 0.538. The number of hydrogen-bond acceptors (Lipinski definition) is 4. The van der Waals surface area contributed by atoms with Crippen molar-refractivity contribution >= 4 is 21.8 Å². The maximum absolute atomic E-state index is 14.3. The predicted molar refractivity (Wildman–Crippen MR) is 81.9 cm³/mol. The summed E-state index contributed by atoms with van der Waals surface area (Å²) in [5, 5.41) is 2.87. The van der Waals surface area contributed by atoms with E-state index in [-0.39, 0.29) is 18.7 Å². The molecule has 0 spiro atoms. The molecule has 0 aliphatic heterocycles. The normalized spacial score (nSPS) is 11.8. The molecule has 1 aromatic carbocycles. The quantitative estimate of drug-likeness (QED) is 0.677. The monoisotopic (exact) mass is 338 g/mol. The minimum atomic E-state index is -3.97. The van der Waals surface area contributed by atoms with Gasteiger partial charge >= 0.3 is 0 Å². The van der Waals surface area contributed by atoms with Crippen LogP contribution in [-0.4, -0.2) is 33.5 Å². The molecule has 0 heterocycles. The Morgan fingerprint density at radius 2 is 1.95 bits per heavy atom. The third-order valence-corrected chi connectivity index (χ3v) is 4.86. The standard InChI is InChI=1S/C13H20F2N2O2S2/c1-3-6-16-9-10-11(14)4-5-12(13(10)15)21(18,19)17-7-8-20-2/h4-5,16-17H,3,6-9H2,1-2H3. The third-order valence-electron chi connectivity index (χ3n) is 2.77. The fourth-order valence-corrected chi connectivity index (χ4v) is 3.26. The van der Waals surface area contributed by atoms with Crippen LogP contribution >= 0.6 is 11.8 Å². The molecule has 0 fully saturated rings. The maximum atomic E-state index is 14.3. The van der Waals surface area contributed by atoms with E-state index in [2.05, 4.69) is 10.0 Å². The van der Waals surface area contributed by atoms with E-state index in [1.165, 1.54) is 11.8 Å². The van der Waals surface area contributed by atoms with E-state index < -0.39 is 26.6 Å². The molecule has 2 N–H and O–H groups in total. The highest BCUT2D eigenvalue weighted by Gasteiger charge is 2.23. The average Bonchev–Trinajstić information content (AvgIpc) is 2.42. The Morgan fingerprint density at radius 1 is 1.24 bits per heavy atom. The molecule has 1 rings (SSSR count). The Balaban J connectivity index is 3.00. The summed E-state index contributed by atoms with van der Waals surface area (Å²) in [5.41, 5.74) is -0.254. The second kappa shape index (κ2) is 8.67. The lowest BCUT2D eigenvalue weighted by atomic mass is 10.2. The molecule has 1 aromatic rings. The van der Waals surface area contributed by atoms with Gasteiger partial charge in [-0.1, -0.05) is 6.92 Å². The van der Waals surface area contributed by atoms with Gasteiger partial charge in [-0.05, 0) is 31.4 Å². The third kappa shape index (κ3) is 5.21. The van der Waals surface area contributed by atoms with Crippen molar-refractivity contribution in [3.05, 3.63) is 29.3 Å². The molecule has 0 saturated carbocycles. The van der Waals surface area contributed by atoms with Crippen LogP contribution in [0, 0.1) is 11.6 Å². The van der Waals surface area contributed by atoms with E-state index in [0.29, 0.717) is 12.3 Å². The summed E-state index contributed by atoms with van der Waals surface area (Å²) in [6, 6.07) is 1.94. The van der Waals surface area contributed by atoms with Crippen molar-refractivity contribution in [3.63, 3.8) is 0 Å². The van der Waals surface area contributed by atoms with Gasteiger partial charge in [-0.2, -0.15) is 11.8 Å². The van der Waals surface area contributed by atoms with Crippen LogP contribution < -0.4 is 10.0 Å². The lowest BCUT2D eigenvalue weighted by Crippen LogP contribution is -2.27. The van der Waals surface area contributed by atoms with Crippen LogP contribution in [0.3, 0.4) is 0 Å². The summed E-state index contributed by atoms with van der Waals surface area (Å²) >= 11 is 1.47. The van der Waals surface area contributed by atoms with Gasteiger partial charge in [0.15, 0.2) is 5.82 Å². The first-order valence-corrected chi connectivity index (χ1v) is 9.48. The molecule has 120 valence electrons. The number of halogens is 2. The maximum Gasteiger partial charge on any atom is 0.243 e. The molecule has 4 nitrogen and oxygen atoms in total. The number of benzene rings is 1. The molecule has 0 unspecified atom stereocenters. The van der Waals surface area contributed by atoms with Gasteiger partial charge in [0, 0.05) is 24.4 Å². The summed E-state index contributed by atoms with van der Waals surface area (Å²) in [7, 11) is -3.97. The van der Waals surface area contributed by atoms with Crippen molar-refractivity contribution < 1.29 is 17.2 Å². The second-order valence-electron chi connectivity index (χ2n) is 4.41. The number of sulfonamides is 1. The highest BCUT2D eigenvalue weighted by molar-refractivity contribution is 7.98. The zero-order chi connectivity index (χ0) is 15.9. The first kappa shape index (κ1) is 18.3. The van der Waals surface area contributed by atoms with E-state index in [0.717, 1.165) is 18.6 Å². The molecule has 0 amide bonds. The van der Waals surface area contributed by atoms with Gasteiger partial charge < -0.3 is 5.32 Å². The highest BCUT2D eigenvalue weighted by Crippen LogP contribution is 2.21. The average molecular weight is 338 g/mol. The lowest BCUT2D eigenvalue weighted by molar-refractivity contribution is 0.511. The van der Waals surface area contributed by atoms with Crippen molar-refractivity contribution in [3.8, 4) is 0 Å². The number of hydrogen-bond donors (Lipinski definition) is 2. The molecular weight excluding hydrogens is 318 g/mol. The van der Waals surface area contributed by atoms with Gasteiger partial charge in [-0.25, -0.2) is 21.9 Å². The zero-order valence-corrected chi connectivity index (χ0v) is 13.7. The Labute approximate surface area is 128 Å². The SMILES string of the molecule is CCCNCc1c(F)ccc(S(=O)(=O)NCCSC)c1F. The van der Waals surface area contributed by atoms with Gasteiger partial charge in [0.05, 0.1) is 0 Å². The molecule has 0 radical (unpaired) electrons. The smallest absolute Gasteiger partial charge is 0.243 e. The second-order valence-corrected chi connectivity index (χ2v) is 7.13. The Kier molecular flexibility index (Phi) is 7.58. The number of nitrogens with one attached hydrogen (secondary N) is 2. The van der Waals surface area contributed by atoms with E-state index in [4.69, 9.17) is 0 Å². The molecule has 0 aliphatic carbocycles. The van der Waals surface area contributed by atoms with Crippen LogP contribution in [0.4, 0.5) is 8.78 Å². The lowest BCUT2D eigenvalue weighted by Gasteiger charge is -2.11. The molecule has 0 aromatic heterocycles. The summed E-state index contributed by atoms with van der Waals surface area (Å²) in [5.74, 6) is -1.21. The number of thioether (sulfide) groups is 1. The van der Waals surface area contributed by atoms with E-state index in [1.807, 2.05) is 13.2 Å². The van der Waals surface area contributed by atoms with Crippen molar-refractivity contribution in [2.45, 2.75) is 24.8 Å².